The van der Waals surface area contributed by atoms with Crippen LogP contribution in [0.25, 0.3) is 0 Å². The highest BCUT2D eigenvalue weighted by atomic mass is 15.1. The lowest BCUT2D eigenvalue weighted by atomic mass is 10.0. The number of hydrogen-bond donors (Lipinski definition) is 4. The van der Waals surface area contributed by atoms with E-state index in [4.69, 9.17) is 5.73 Å². The molecule has 0 bridgehead atoms. The normalized spacial score (nSPS) is 11.3. The zero-order chi connectivity index (χ0) is 18.8. The molecule has 0 fully saturated rings. The number of aryl methyl sites for hydroxylation is 1. The number of allylic oxidation sites excluding steroid dienone is 2. The lowest BCUT2D eigenvalue weighted by Crippen LogP contribution is -2.42. The minimum atomic E-state index is -0.373. The third kappa shape index (κ3) is 8.27. The van der Waals surface area contributed by atoms with Gasteiger partial charge >= 0.3 is 0 Å². The van der Waals surface area contributed by atoms with Crippen molar-refractivity contribution in [3.05, 3.63) is 78.8 Å². The molecule has 0 radical (unpaired) electrons. The molecule has 4 heteroatoms. The molecule has 1 unspecified atom stereocenters. The molecule has 0 aliphatic rings. The smallest absolute Gasteiger partial charge is 0.115 e. The van der Waals surface area contributed by atoms with E-state index in [2.05, 4.69) is 73.5 Å². The van der Waals surface area contributed by atoms with Crippen LogP contribution in [0.15, 0.2) is 73.2 Å². The number of hydrogen-bond acceptors (Lipinski definition) is 4. The molecule has 1 aromatic rings. The Morgan fingerprint density at radius 2 is 1.76 bits per heavy atom. The fraction of sp³-hybridized carbons (Fsp3) is 0.333. The van der Waals surface area contributed by atoms with E-state index in [-0.39, 0.29) is 6.17 Å². The Bertz CT molecular complexity index is 613. The zero-order valence-electron chi connectivity index (χ0n) is 15.6. The SMILES string of the molecule is C=C(CC)CCc1ccc(NC(=C)CNC(=C)C(N)NC(=C)C)cc1. The monoisotopic (exact) mass is 340 g/mol. The van der Waals surface area contributed by atoms with Crippen LogP contribution in [0.1, 0.15) is 32.3 Å². The van der Waals surface area contributed by atoms with Crippen LogP contribution in [0.4, 0.5) is 5.69 Å². The fourth-order valence-corrected chi connectivity index (χ4v) is 2.18. The molecule has 0 aliphatic carbocycles. The maximum absolute atomic E-state index is 5.94. The summed E-state index contributed by atoms with van der Waals surface area (Å²) in [6.45, 7) is 20.3. The second-order valence-corrected chi connectivity index (χ2v) is 6.31. The Morgan fingerprint density at radius 1 is 1.12 bits per heavy atom. The Hall–Kier alpha value is -2.46. The number of nitrogens with one attached hydrogen (secondary N) is 3. The molecule has 1 aromatic carbocycles. The first-order valence-electron chi connectivity index (χ1n) is 8.62. The van der Waals surface area contributed by atoms with Crippen LogP contribution in [0.5, 0.6) is 0 Å². The van der Waals surface area contributed by atoms with Gasteiger partial charge in [-0.25, -0.2) is 0 Å². The van der Waals surface area contributed by atoms with Crippen LogP contribution in [0.2, 0.25) is 0 Å². The topological polar surface area (TPSA) is 62.1 Å². The van der Waals surface area contributed by atoms with Crippen molar-refractivity contribution in [1.29, 1.82) is 0 Å². The van der Waals surface area contributed by atoms with Crippen LogP contribution in [0, 0.1) is 0 Å². The van der Waals surface area contributed by atoms with Gasteiger partial charge in [0.25, 0.3) is 0 Å². The van der Waals surface area contributed by atoms with Crippen molar-refractivity contribution in [3.63, 3.8) is 0 Å². The minimum absolute atomic E-state index is 0.373. The van der Waals surface area contributed by atoms with Crippen molar-refractivity contribution in [1.82, 2.24) is 10.6 Å². The summed E-state index contributed by atoms with van der Waals surface area (Å²) in [6, 6.07) is 8.41. The molecule has 0 heterocycles. The highest BCUT2D eigenvalue weighted by Crippen LogP contribution is 2.15. The Balaban J connectivity index is 2.40. The summed E-state index contributed by atoms with van der Waals surface area (Å²) in [4.78, 5) is 0. The van der Waals surface area contributed by atoms with E-state index in [1.54, 1.807) is 0 Å². The average Bonchev–Trinajstić information content (AvgIpc) is 2.58. The standard InChI is InChI=1S/C21H32N4/c1-7-16(4)8-9-19-10-12-20(13-11-19)25-17(5)14-23-18(6)21(22)24-15(2)3/h10-13,21,23-25H,2,4-9,14,22H2,1,3H3. The summed E-state index contributed by atoms with van der Waals surface area (Å²) in [5, 5.41) is 9.46. The van der Waals surface area contributed by atoms with Crippen molar-refractivity contribution in [2.24, 2.45) is 5.73 Å². The summed E-state index contributed by atoms with van der Waals surface area (Å²) < 4.78 is 0. The van der Waals surface area contributed by atoms with Gasteiger partial charge in [-0.3, -0.25) is 0 Å². The second-order valence-electron chi connectivity index (χ2n) is 6.31. The summed E-state index contributed by atoms with van der Waals surface area (Å²) in [5.74, 6) is 0. The molecule has 25 heavy (non-hydrogen) atoms. The van der Waals surface area contributed by atoms with Gasteiger partial charge in [-0.05, 0) is 43.9 Å². The van der Waals surface area contributed by atoms with Gasteiger partial charge in [-0.15, -0.1) is 0 Å². The molecule has 0 saturated heterocycles. The molecular formula is C21H32N4. The molecule has 0 aromatic heterocycles. The number of benzene rings is 1. The van der Waals surface area contributed by atoms with Crippen LogP contribution in [-0.4, -0.2) is 12.7 Å². The van der Waals surface area contributed by atoms with E-state index < -0.39 is 0 Å². The maximum Gasteiger partial charge on any atom is 0.115 e. The van der Waals surface area contributed by atoms with Gasteiger partial charge in [-0.1, -0.05) is 50.9 Å². The summed E-state index contributed by atoms with van der Waals surface area (Å²) in [5.41, 5.74) is 11.9. The summed E-state index contributed by atoms with van der Waals surface area (Å²) >= 11 is 0. The number of nitrogens with two attached hydrogens (primary N) is 1. The van der Waals surface area contributed by atoms with E-state index in [1.807, 2.05) is 6.92 Å². The van der Waals surface area contributed by atoms with Crippen LogP contribution in [-0.2, 0) is 6.42 Å². The molecule has 0 saturated carbocycles. The predicted octanol–water partition coefficient (Wildman–Crippen LogP) is 4.02. The van der Waals surface area contributed by atoms with Gasteiger partial charge in [0.1, 0.15) is 6.17 Å². The highest BCUT2D eigenvalue weighted by Gasteiger charge is 2.06. The van der Waals surface area contributed by atoms with Crippen molar-refractivity contribution >= 4 is 5.69 Å². The Kier molecular flexibility index (Phi) is 8.57. The first-order valence-corrected chi connectivity index (χ1v) is 8.62. The molecule has 0 aliphatic heterocycles. The maximum atomic E-state index is 5.94. The van der Waals surface area contributed by atoms with Gasteiger partial charge in [0, 0.05) is 22.8 Å². The first-order chi connectivity index (χ1) is 11.8. The van der Waals surface area contributed by atoms with Crippen LogP contribution in [0.3, 0.4) is 0 Å². The molecule has 1 rings (SSSR count). The second kappa shape index (κ2) is 10.4. The van der Waals surface area contributed by atoms with Crippen molar-refractivity contribution in [3.8, 4) is 0 Å². The molecular weight excluding hydrogens is 308 g/mol. The van der Waals surface area contributed by atoms with E-state index in [9.17, 15) is 0 Å². The molecule has 0 amide bonds. The Labute approximate surface area is 152 Å². The predicted molar refractivity (Wildman–Crippen MR) is 110 cm³/mol. The fourth-order valence-electron chi connectivity index (χ4n) is 2.18. The summed E-state index contributed by atoms with van der Waals surface area (Å²) in [6.07, 6.45) is 2.75. The largest absolute Gasteiger partial charge is 0.380 e. The van der Waals surface area contributed by atoms with E-state index >= 15 is 0 Å². The highest BCUT2D eigenvalue weighted by molar-refractivity contribution is 5.49. The van der Waals surface area contributed by atoms with E-state index in [0.717, 1.165) is 36.3 Å². The van der Waals surface area contributed by atoms with Gasteiger partial charge in [0.05, 0.1) is 6.54 Å². The van der Waals surface area contributed by atoms with Crippen LogP contribution >= 0.6 is 0 Å². The molecule has 136 valence electrons. The average molecular weight is 341 g/mol. The van der Waals surface area contributed by atoms with Gasteiger partial charge in [0.15, 0.2) is 0 Å². The number of rotatable bonds is 12. The zero-order valence-corrected chi connectivity index (χ0v) is 15.6. The van der Waals surface area contributed by atoms with Gasteiger partial charge in [0.2, 0.25) is 0 Å². The summed E-state index contributed by atoms with van der Waals surface area (Å²) in [7, 11) is 0. The van der Waals surface area contributed by atoms with Crippen LogP contribution < -0.4 is 21.7 Å². The lowest BCUT2D eigenvalue weighted by Gasteiger charge is -2.20. The van der Waals surface area contributed by atoms with Crippen molar-refractivity contribution in [2.45, 2.75) is 39.3 Å². The lowest BCUT2D eigenvalue weighted by molar-refractivity contribution is 0.619. The molecule has 4 nitrogen and oxygen atoms in total. The third-order valence-electron chi connectivity index (χ3n) is 3.85. The van der Waals surface area contributed by atoms with Gasteiger partial charge < -0.3 is 21.7 Å². The van der Waals surface area contributed by atoms with E-state index in [1.165, 1.54) is 11.1 Å². The molecule has 1 atom stereocenters. The Morgan fingerprint density at radius 3 is 2.32 bits per heavy atom. The third-order valence-corrected chi connectivity index (χ3v) is 3.85. The quantitative estimate of drug-likeness (QED) is 0.343. The van der Waals surface area contributed by atoms with Crippen molar-refractivity contribution < 1.29 is 0 Å². The minimum Gasteiger partial charge on any atom is -0.380 e. The first kappa shape index (κ1) is 20.6. The van der Waals surface area contributed by atoms with Crippen molar-refractivity contribution in [2.75, 3.05) is 11.9 Å². The number of anilines is 1. The molecule has 5 N–H and O–H groups in total. The molecule has 0 spiro atoms. The van der Waals surface area contributed by atoms with E-state index in [0.29, 0.717) is 12.2 Å². The van der Waals surface area contributed by atoms with Gasteiger partial charge in [-0.2, -0.15) is 0 Å².